The molecule has 3 aromatic heterocycles. The highest BCUT2D eigenvalue weighted by molar-refractivity contribution is 6.12. The predicted octanol–water partition coefficient (Wildman–Crippen LogP) is 3.90. The maximum Gasteiger partial charge on any atom is 0.287 e. The van der Waals surface area contributed by atoms with Gasteiger partial charge in [-0.25, -0.2) is 4.98 Å². The Bertz CT molecular complexity index is 1350. The van der Waals surface area contributed by atoms with Crippen LogP contribution in [0.2, 0.25) is 0 Å². The first-order valence-corrected chi connectivity index (χ1v) is 11.2. The number of fused-ring (bicyclic) bond motifs is 1. The molecule has 0 unspecified atom stereocenters. The number of anilines is 1. The van der Waals surface area contributed by atoms with E-state index in [1.807, 2.05) is 59.0 Å². The van der Waals surface area contributed by atoms with Crippen molar-refractivity contribution >= 4 is 28.3 Å². The van der Waals surface area contributed by atoms with Crippen molar-refractivity contribution in [3.63, 3.8) is 0 Å². The van der Waals surface area contributed by atoms with Gasteiger partial charge < -0.3 is 14.4 Å². The topological polar surface area (TPSA) is 97.4 Å². The van der Waals surface area contributed by atoms with Crippen LogP contribution < -0.4 is 4.90 Å². The van der Waals surface area contributed by atoms with E-state index < -0.39 is 4.92 Å². The molecule has 4 aromatic rings. The van der Waals surface area contributed by atoms with Gasteiger partial charge in [0.1, 0.15) is 12.0 Å². The molecule has 4 heterocycles. The van der Waals surface area contributed by atoms with Crippen LogP contribution in [0.1, 0.15) is 16.8 Å². The van der Waals surface area contributed by atoms with Gasteiger partial charge in [-0.15, -0.1) is 0 Å². The van der Waals surface area contributed by atoms with Crippen LogP contribution in [0.4, 0.5) is 11.5 Å². The van der Waals surface area contributed by atoms with Crippen molar-refractivity contribution in [1.82, 2.24) is 19.4 Å². The van der Waals surface area contributed by atoms with E-state index in [0.29, 0.717) is 31.0 Å². The SMILES string of the molecule is Cn1c(-c2ccccn2)c(C(=O)N2CCCN(c3ccc([N+](=O)[O-])cn3)CC2)c2ccccc21. The normalized spacial score (nSPS) is 14.3. The van der Waals surface area contributed by atoms with Crippen molar-refractivity contribution < 1.29 is 9.72 Å². The zero-order chi connectivity index (χ0) is 23.7. The van der Waals surface area contributed by atoms with Crippen molar-refractivity contribution in [2.75, 3.05) is 31.1 Å². The van der Waals surface area contributed by atoms with Gasteiger partial charge in [0, 0.05) is 56.4 Å². The summed E-state index contributed by atoms with van der Waals surface area (Å²) < 4.78 is 2.04. The average molecular weight is 457 g/mol. The number of pyridine rings is 2. The standard InChI is InChI=1S/C25H24N6O3/c1-28-21-9-3-2-7-19(21)23(24(28)20-8-4-5-12-26-20)25(32)30-14-6-13-29(15-16-30)22-11-10-18(17-27-22)31(33)34/h2-5,7-12,17H,6,13-16H2,1H3. The first-order valence-electron chi connectivity index (χ1n) is 11.2. The Balaban J connectivity index is 1.45. The minimum Gasteiger partial charge on any atom is -0.355 e. The van der Waals surface area contributed by atoms with Crippen molar-refractivity contribution in [3.8, 4) is 11.4 Å². The van der Waals surface area contributed by atoms with Crippen molar-refractivity contribution in [3.05, 3.63) is 82.7 Å². The molecular weight excluding hydrogens is 432 g/mol. The molecule has 1 aliphatic rings. The zero-order valence-electron chi connectivity index (χ0n) is 18.8. The maximum absolute atomic E-state index is 13.9. The maximum atomic E-state index is 13.9. The molecule has 34 heavy (non-hydrogen) atoms. The number of amides is 1. The Morgan fingerprint density at radius 1 is 0.971 bits per heavy atom. The molecule has 1 amide bonds. The highest BCUT2D eigenvalue weighted by Gasteiger charge is 2.28. The smallest absolute Gasteiger partial charge is 0.287 e. The second-order valence-corrected chi connectivity index (χ2v) is 8.28. The van der Waals surface area contributed by atoms with Gasteiger partial charge >= 0.3 is 0 Å². The van der Waals surface area contributed by atoms with Crippen LogP contribution in [0.15, 0.2) is 67.0 Å². The highest BCUT2D eigenvalue weighted by Crippen LogP contribution is 2.33. The van der Waals surface area contributed by atoms with E-state index in [4.69, 9.17) is 0 Å². The third-order valence-electron chi connectivity index (χ3n) is 6.28. The van der Waals surface area contributed by atoms with Gasteiger partial charge in [0.2, 0.25) is 0 Å². The number of nitro groups is 1. The first kappa shape index (κ1) is 21.6. The molecule has 1 saturated heterocycles. The van der Waals surface area contributed by atoms with Gasteiger partial charge in [-0.05, 0) is 30.7 Å². The number of para-hydroxylation sites is 1. The monoisotopic (exact) mass is 456 g/mol. The predicted molar refractivity (Wildman–Crippen MR) is 130 cm³/mol. The number of hydrogen-bond acceptors (Lipinski definition) is 6. The molecule has 5 rings (SSSR count). The van der Waals surface area contributed by atoms with Gasteiger partial charge in [0.25, 0.3) is 11.6 Å². The largest absolute Gasteiger partial charge is 0.355 e. The lowest BCUT2D eigenvalue weighted by Crippen LogP contribution is -2.35. The molecule has 9 heteroatoms. The molecule has 0 saturated carbocycles. The minimum absolute atomic E-state index is 0.0176. The molecule has 1 fully saturated rings. The minimum atomic E-state index is -0.455. The lowest BCUT2D eigenvalue weighted by atomic mass is 10.1. The molecule has 172 valence electrons. The number of rotatable bonds is 4. The molecular formula is C25H24N6O3. The van der Waals surface area contributed by atoms with Crippen LogP contribution in [-0.4, -0.2) is 56.4 Å². The van der Waals surface area contributed by atoms with E-state index in [1.165, 1.54) is 12.3 Å². The summed E-state index contributed by atoms with van der Waals surface area (Å²) in [6, 6.07) is 16.8. The number of carbonyl (C=O) groups excluding carboxylic acids is 1. The summed E-state index contributed by atoms with van der Waals surface area (Å²) in [5, 5.41) is 11.8. The summed E-state index contributed by atoms with van der Waals surface area (Å²) in [7, 11) is 1.97. The third kappa shape index (κ3) is 3.85. The van der Waals surface area contributed by atoms with Crippen LogP contribution in [0.25, 0.3) is 22.3 Å². The summed E-state index contributed by atoms with van der Waals surface area (Å²) in [5.41, 5.74) is 3.19. The van der Waals surface area contributed by atoms with E-state index in [1.54, 1.807) is 12.3 Å². The fraction of sp³-hybridized carbons (Fsp3) is 0.240. The molecule has 0 atom stereocenters. The van der Waals surface area contributed by atoms with Crippen LogP contribution in [0.3, 0.4) is 0 Å². The number of aromatic nitrogens is 3. The summed E-state index contributed by atoms with van der Waals surface area (Å²) >= 11 is 0. The molecule has 1 aromatic carbocycles. The third-order valence-corrected chi connectivity index (χ3v) is 6.28. The first-order chi connectivity index (χ1) is 16.5. The highest BCUT2D eigenvalue weighted by atomic mass is 16.6. The molecule has 0 aliphatic carbocycles. The number of nitrogens with zero attached hydrogens (tertiary/aromatic N) is 6. The lowest BCUT2D eigenvalue weighted by Gasteiger charge is -2.23. The Morgan fingerprint density at radius 2 is 1.79 bits per heavy atom. The summed E-state index contributed by atoms with van der Waals surface area (Å²) in [6.45, 7) is 2.47. The molecule has 0 spiro atoms. The van der Waals surface area contributed by atoms with E-state index in [9.17, 15) is 14.9 Å². The number of benzene rings is 1. The van der Waals surface area contributed by atoms with E-state index in [0.717, 1.165) is 35.3 Å². The van der Waals surface area contributed by atoms with Crippen LogP contribution in [0.5, 0.6) is 0 Å². The fourth-order valence-electron chi connectivity index (χ4n) is 4.59. The molecule has 9 nitrogen and oxygen atoms in total. The van der Waals surface area contributed by atoms with Gasteiger partial charge in [0.05, 0.1) is 21.9 Å². The summed E-state index contributed by atoms with van der Waals surface area (Å²) in [4.78, 5) is 37.1. The average Bonchev–Trinajstić information content (AvgIpc) is 3.01. The van der Waals surface area contributed by atoms with Crippen LogP contribution in [0, 0.1) is 10.1 Å². The van der Waals surface area contributed by atoms with E-state index in [2.05, 4.69) is 14.9 Å². The number of aryl methyl sites for hydroxylation is 1. The van der Waals surface area contributed by atoms with E-state index >= 15 is 0 Å². The molecule has 0 N–H and O–H groups in total. The van der Waals surface area contributed by atoms with Crippen molar-refractivity contribution in [2.45, 2.75) is 6.42 Å². The fourth-order valence-corrected chi connectivity index (χ4v) is 4.59. The Morgan fingerprint density at radius 3 is 2.53 bits per heavy atom. The molecule has 0 bridgehead atoms. The quantitative estimate of drug-likeness (QED) is 0.341. The Labute approximate surface area is 196 Å². The summed E-state index contributed by atoms with van der Waals surface area (Å²) in [5.74, 6) is 0.662. The van der Waals surface area contributed by atoms with Crippen LogP contribution in [-0.2, 0) is 7.05 Å². The second-order valence-electron chi connectivity index (χ2n) is 8.28. The van der Waals surface area contributed by atoms with Crippen molar-refractivity contribution in [2.24, 2.45) is 7.05 Å². The van der Waals surface area contributed by atoms with Gasteiger partial charge in [-0.1, -0.05) is 24.3 Å². The number of carbonyl (C=O) groups is 1. The lowest BCUT2D eigenvalue weighted by molar-refractivity contribution is -0.385. The number of hydrogen-bond donors (Lipinski definition) is 0. The second kappa shape index (κ2) is 8.93. The van der Waals surface area contributed by atoms with Gasteiger partial charge in [0.15, 0.2) is 0 Å². The summed E-state index contributed by atoms with van der Waals surface area (Å²) in [6.07, 6.45) is 3.79. The van der Waals surface area contributed by atoms with Gasteiger partial charge in [-0.2, -0.15) is 0 Å². The Kier molecular flexibility index (Phi) is 5.67. The van der Waals surface area contributed by atoms with E-state index in [-0.39, 0.29) is 11.6 Å². The van der Waals surface area contributed by atoms with Crippen LogP contribution >= 0.6 is 0 Å². The molecule has 1 aliphatic heterocycles. The van der Waals surface area contributed by atoms with Crippen molar-refractivity contribution in [1.29, 1.82) is 0 Å². The molecule has 0 radical (unpaired) electrons. The zero-order valence-corrected chi connectivity index (χ0v) is 18.8. The Hall–Kier alpha value is -4.27. The van der Waals surface area contributed by atoms with Gasteiger partial charge in [-0.3, -0.25) is 19.9 Å².